The number of aryl methyl sites for hydroxylation is 1. The molecular formula is C11H19ClN4S. The van der Waals surface area contributed by atoms with E-state index >= 15 is 0 Å². The van der Waals surface area contributed by atoms with Gasteiger partial charge < -0.3 is 5.32 Å². The molecule has 6 heteroatoms. The van der Waals surface area contributed by atoms with Crippen molar-refractivity contribution in [1.29, 1.82) is 0 Å². The highest BCUT2D eigenvalue weighted by Gasteiger charge is 2.23. The van der Waals surface area contributed by atoms with Crippen molar-refractivity contribution in [1.82, 2.24) is 20.1 Å². The topological polar surface area (TPSA) is 42.7 Å². The summed E-state index contributed by atoms with van der Waals surface area (Å²) in [5, 5.41) is 8.05. The fraction of sp³-hybridized carbons (Fsp3) is 0.818. The molecule has 1 aromatic heterocycles. The van der Waals surface area contributed by atoms with E-state index in [4.69, 9.17) is 0 Å². The van der Waals surface area contributed by atoms with E-state index in [1.165, 1.54) is 30.8 Å². The normalized spacial score (nSPS) is 25.1. The molecule has 0 amide bonds. The number of thioether (sulfide) groups is 1. The highest BCUT2D eigenvalue weighted by atomic mass is 35.5. The van der Waals surface area contributed by atoms with Gasteiger partial charge in [0.2, 0.25) is 0 Å². The van der Waals surface area contributed by atoms with E-state index in [0.29, 0.717) is 6.04 Å². The number of aromatic nitrogens is 3. The number of nitrogens with zero attached hydrogens (tertiary/aromatic N) is 3. The zero-order valence-electron chi connectivity index (χ0n) is 9.84. The zero-order chi connectivity index (χ0) is 10.8. The third-order valence-corrected chi connectivity index (χ3v) is 4.55. The zero-order valence-corrected chi connectivity index (χ0v) is 11.5. The molecule has 1 unspecified atom stereocenters. The molecule has 1 N–H and O–H groups in total. The van der Waals surface area contributed by atoms with Crippen molar-refractivity contribution in [2.45, 2.75) is 44.3 Å². The molecule has 0 aromatic carbocycles. The number of halogens is 1. The van der Waals surface area contributed by atoms with Gasteiger partial charge in [-0.05, 0) is 30.8 Å². The van der Waals surface area contributed by atoms with Crippen LogP contribution in [0.5, 0.6) is 0 Å². The molecule has 17 heavy (non-hydrogen) atoms. The number of hydrogen-bond donors (Lipinski definition) is 1. The molecule has 1 aromatic rings. The Bertz CT molecular complexity index is 351. The van der Waals surface area contributed by atoms with Crippen LogP contribution in [0.1, 0.15) is 25.1 Å². The molecule has 3 rings (SSSR count). The molecule has 1 saturated heterocycles. The molecule has 0 bridgehead atoms. The Morgan fingerprint density at radius 3 is 2.88 bits per heavy atom. The minimum atomic E-state index is 0. The largest absolute Gasteiger partial charge is 0.309 e. The van der Waals surface area contributed by atoms with E-state index < -0.39 is 0 Å². The minimum absolute atomic E-state index is 0. The molecule has 0 saturated carbocycles. The highest BCUT2D eigenvalue weighted by Crippen LogP contribution is 2.19. The quantitative estimate of drug-likeness (QED) is 0.888. The van der Waals surface area contributed by atoms with Gasteiger partial charge in [0.1, 0.15) is 12.2 Å². The monoisotopic (exact) mass is 274 g/mol. The molecule has 1 fully saturated rings. The Balaban J connectivity index is 0.00000108. The van der Waals surface area contributed by atoms with Crippen molar-refractivity contribution >= 4 is 24.2 Å². The second kappa shape index (κ2) is 6.07. The van der Waals surface area contributed by atoms with Gasteiger partial charge >= 0.3 is 0 Å². The number of rotatable bonds is 2. The van der Waals surface area contributed by atoms with Crippen molar-refractivity contribution in [2.75, 3.05) is 11.5 Å². The number of hydrogen-bond acceptors (Lipinski definition) is 4. The lowest BCUT2D eigenvalue weighted by atomic mass is 10.0. The van der Waals surface area contributed by atoms with Crippen LogP contribution in [0.25, 0.3) is 0 Å². The third kappa shape index (κ3) is 3.14. The summed E-state index contributed by atoms with van der Waals surface area (Å²) in [5.41, 5.74) is 0. The predicted molar refractivity (Wildman–Crippen MR) is 72.9 cm³/mol. The molecular weight excluding hydrogens is 256 g/mol. The van der Waals surface area contributed by atoms with Crippen molar-refractivity contribution in [3.8, 4) is 0 Å². The van der Waals surface area contributed by atoms with Crippen LogP contribution in [0, 0.1) is 0 Å². The molecule has 4 nitrogen and oxygen atoms in total. The first-order chi connectivity index (χ1) is 7.92. The molecule has 3 heterocycles. The summed E-state index contributed by atoms with van der Waals surface area (Å²) in [6.45, 7) is 0.999. The highest BCUT2D eigenvalue weighted by molar-refractivity contribution is 7.99. The van der Waals surface area contributed by atoms with Gasteiger partial charge in [0.05, 0.1) is 6.54 Å². The maximum Gasteiger partial charge on any atom is 0.138 e. The Hall–Kier alpha value is -0.260. The van der Waals surface area contributed by atoms with Crippen molar-refractivity contribution in [2.24, 2.45) is 0 Å². The predicted octanol–water partition coefficient (Wildman–Crippen LogP) is 1.50. The summed E-state index contributed by atoms with van der Waals surface area (Å²) in [6, 6.07) is 1.33. The molecule has 2 aliphatic rings. The van der Waals surface area contributed by atoms with Gasteiger partial charge in [-0.3, -0.25) is 0 Å². The first kappa shape index (κ1) is 13.2. The first-order valence-electron chi connectivity index (χ1n) is 6.12. The van der Waals surface area contributed by atoms with Crippen molar-refractivity contribution in [3.63, 3.8) is 0 Å². The van der Waals surface area contributed by atoms with Gasteiger partial charge in [-0.25, -0.2) is 9.67 Å². The first-order valence-corrected chi connectivity index (χ1v) is 7.28. The maximum atomic E-state index is 4.26. The molecule has 1 atom stereocenters. The smallest absolute Gasteiger partial charge is 0.138 e. The third-order valence-electron chi connectivity index (χ3n) is 3.50. The second-order valence-electron chi connectivity index (χ2n) is 4.65. The molecule has 0 aliphatic carbocycles. The van der Waals surface area contributed by atoms with Gasteiger partial charge in [0.25, 0.3) is 0 Å². The standard InChI is InChI=1S/C11H18N4S.ClH/c1-2-11-12-8-13-15(11)7-10(1)14-9-3-5-16-6-4-9;/h8-10,14H,1-7H2;1H. The van der Waals surface area contributed by atoms with Gasteiger partial charge in [0.15, 0.2) is 0 Å². The van der Waals surface area contributed by atoms with Gasteiger partial charge in [-0.2, -0.15) is 16.9 Å². The SMILES string of the molecule is Cl.c1nc2n(n1)CC(NC1CCSCC1)CC2. The Morgan fingerprint density at radius 1 is 1.24 bits per heavy atom. The molecule has 2 aliphatic heterocycles. The van der Waals surface area contributed by atoms with Crippen LogP contribution in [0.3, 0.4) is 0 Å². The average molecular weight is 275 g/mol. The van der Waals surface area contributed by atoms with Crippen molar-refractivity contribution < 1.29 is 0 Å². The van der Waals surface area contributed by atoms with Crippen LogP contribution in [0.4, 0.5) is 0 Å². The summed E-state index contributed by atoms with van der Waals surface area (Å²) in [5.74, 6) is 3.79. The minimum Gasteiger partial charge on any atom is -0.309 e. The molecule has 0 spiro atoms. The summed E-state index contributed by atoms with van der Waals surface area (Å²) in [7, 11) is 0. The maximum absolute atomic E-state index is 4.26. The summed E-state index contributed by atoms with van der Waals surface area (Å²) < 4.78 is 2.05. The fourth-order valence-electron chi connectivity index (χ4n) is 2.57. The van der Waals surface area contributed by atoms with Gasteiger partial charge in [-0.1, -0.05) is 0 Å². The summed E-state index contributed by atoms with van der Waals surface area (Å²) >= 11 is 2.08. The number of nitrogens with one attached hydrogen (secondary N) is 1. The van der Waals surface area contributed by atoms with Crippen LogP contribution in [0.15, 0.2) is 6.33 Å². The van der Waals surface area contributed by atoms with Crippen molar-refractivity contribution in [3.05, 3.63) is 12.2 Å². The van der Waals surface area contributed by atoms with Crippen LogP contribution >= 0.6 is 24.2 Å². The summed E-state index contributed by atoms with van der Waals surface area (Å²) in [6.07, 6.45) is 6.60. The van der Waals surface area contributed by atoms with E-state index in [1.807, 2.05) is 0 Å². The van der Waals surface area contributed by atoms with Crippen LogP contribution in [-0.4, -0.2) is 38.4 Å². The second-order valence-corrected chi connectivity index (χ2v) is 5.87. The van der Waals surface area contributed by atoms with E-state index in [-0.39, 0.29) is 12.4 Å². The lowest BCUT2D eigenvalue weighted by Crippen LogP contribution is -2.44. The number of fused-ring (bicyclic) bond motifs is 1. The van der Waals surface area contributed by atoms with Crippen LogP contribution in [-0.2, 0) is 13.0 Å². The lowest BCUT2D eigenvalue weighted by molar-refractivity contribution is 0.316. The molecule has 96 valence electrons. The van der Waals surface area contributed by atoms with Gasteiger partial charge in [0, 0.05) is 18.5 Å². The van der Waals surface area contributed by atoms with Crippen LogP contribution in [0.2, 0.25) is 0 Å². The summed E-state index contributed by atoms with van der Waals surface area (Å²) in [4.78, 5) is 4.26. The van der Waals surface area contributed by atoms with E-state index in [9.17, 15) is 0 Å². The Morgan fingerprint density at radius 2 is 2.06 bits per heavy atom. The van der Waals surface area contributed by atoms with E-state index in [0.717, 1.165) is 24.8 Å². The van der Waals surface area contributed by atoms with Crippen LogP contribution < -0.4 is 5.32 Å². The van der Waals surface area contributed by atoms with E-state index in [2.05, 4.69) is 31.8 Å². The Labute approximate surface area is 112 Å². The van der Waals surface area contributed by atoms with Gasteiger partial charge in [-0.15, -0.1) is 12.4 Å². The van der Waals surface area contributed by atoms with E-state index in [1.54, 1.807) is 6.33 Å². The lowest BCUT2D eigenvalue weighted by Gasteiger charge is -2.30. The fourth-order valence-corrected chi connectivity index (χ4v) is 3.68. The average Bonchev–Trinajstić information content (AvgIpc) is 2.77. The Kier molecular flexibility index (Phi) is 4.70. The molecule has 0 radical (unpaired) electrons.